The first-order valence-corrected chi connectivity index (χ1v) is 9.49. The molecule has 142 valence electrons. The van der Waals surface area contributed by atoms with Crippen molar-refractivity contribution in [2.75, 3.05) is 11.9 Å². The van der Waals surface area contributed by atoms with E-state index in [1.807, 2.05) is 43.6 Å². The molecule has 0 saturated carbocycles. The van der Waals surface area contributed by atoms with Crippen molar-refractivity contribution in [3.63, 3.8) is 0 Å². The van der Waals surface area contributed by atoms with Gasteiger partial charge in [0.15, 0.2) is 12.4 Å². The average Bonchev–Trinajstić information content (AvgIpc) is 3.03. The van der Waals surface area contributed by atoms with Gasteiger partial charge in [-0.25, -0.2) is 9.36 Å². The van der Waals surface area contributed by atoms with E-state index in [2.05, 4.69) is 9.88 Å². The van der Waals surface area contributed by atoms with Crippen LogP contribution in [0.25, 0.3) is 0 Å². The van der Waals surface area contributed by atoms with Crippen LogP contribution in [0.3, 0.4) is 0 Å². The monoisotopic (exact) mass is 440 g/mol. The van der Waals surface area contributed by atoms with Gasteiger partial charge in [-0.2, -0.15) is 0 Å². The number of aryl methyl sites for hydroxylation is 2. The number of anilines is 1. The van der Waals surface area contributed by atoms with Crippen LogP contribution in [0.1, 0.15) is 48.3 Å². The number of thiophene rings is 1. The van der Waals surface area contributed by atoms with Crippen molar-refractivity contribution in [2.45, 2.75) is 46.1 Å². The highest BCUT2D eigenvalue weighted by Crippen LogP contribution is 2.29. The maximum absolute atomic E-state index is 12.2. The molecule has 7 heteroatoms. The Kier molecular flexibility index (Phi) is 10.1. The van der Waals surface area contributed by atoms with Gasteiger partial charge >= 0.3 is 5.97 Å². The van der Waals surface area contributed by atoms with Crippen molar-refractivity contribution in [3.05, 3.63) is 47.1 Å². The van der Waals surface area contributed by atoms with Gasteiger partial charge in [0, 0.05) is 29.9 Å². The number of rotatable bonds is 9. The Morgan fingerprint density at radius 3 is 2.54 bits per heavy atom. The number of carbonyl (C=O) groups excluding carboxylic acids is 2. The molecule has 0 aliphatic carbocycles. The SMILES string of the molecule is CCOC(=O)c1cc(CC)sc1NC(=O)CCCC[n+]1ccccc1.[Br-]. The van der Waals surface area contributed by atoms with Crippen molar-refractivity contribution in [3.8, 4) is 0 Å². The molecule has 5 nitrogen and oxygen atoms in total. The Morgan fingerprint density at radius 1 is 1.15 bits per heavy atom. The summed E-state index contributed by atoms with van der Waals surface area (Å²) in [6.45, 7) is 5.00. The summed E-state index contributed by atoms with van der Waals surface area (Å²) >= 11 is 1.44. The molecule has 2 rings (SSSR count). The number of unbranched alkanes of at least 4 members (excludes halogenated alkanes) is 1. The van der Waals surface area contributed by atoms with Gasteiger partial charge in [0.1, 0.15) is 11.5 Å². The zero-order valence-electron chi connectivity index (χ0n) is 15.2. The Bertz CT molecular complexity index is 704. The number of pyridine rings is 1. The Balaban J connectivity index is 0.00000338. The average molecular weight is 441 g/mol. The minimum Gasteiger partial charge on any atom is -1.00 e. The number of halogens is 1. The molecular formula is C19H25BrN2O3S. The maximum Gasteiger partial charge on any atom is 0.341 e. The predicted molar refractivity (Wildman–Crippen MR) is 98.8 cm³/mol. The van der Waals surface area contributed by atoms with Crippen LogP contribution in [0.15, 0.2) is 36.7 Å². The molecule has 0 spiro atoms. The van der Waals surface area contributed by atoms with Gasteiger partial charge in [0.25, 0.3) is 0 Å². The largest absolute Gasteiger partial charge is 1.00 e. The number of nitrogens with one attached hydrogen (secondary N) is 1. The maximum atomic E-state index is 12.2. The van der Waals surface area contributed by atoms with Crippen LogP contribution in [-0.2, 0) is 22.5 Å². The van der Waals surface area contributed by atoms with Crippen LogP contribution >= 0.6 is 11.3 Å². The number of carbonyl (C=O) groups is 2. The topological polar surface area (TPSA) is 59.3 Å². The predicted octanol–water partition coefficient (Wildman–Crippen LogP) is 0.588. The lowest BCUT2D eigenvalue weighted by molar-refractivity contribution is -0.697. The molecule has 1 amide bonds. The molecule has 2 aromatic heterocycles. The van der Waals surface area contributed by atoms with Crippen LogP contribution in [0.2, 0.25) is 0 Å². The lowest BCUT2D eigenvalue weighted by Crippen LogP contribution is -3.00. The van der Waals surface area contributed by atoms with E-state index in [0.717, 1.165) is 30.7 Å². The van der Waals surface area contributed by atoms with Crippen LogP contribution in [0.5, 0.6) is 0 Å². The number of amides is 1. The molecule has 0 saturated heterocycles. The van der Waals surface area contributed by atoms with E-state index in [1.165, 1.54) is 11.3 Å². The van der Waals surface area contributed by atoms with Gasteiger partial charge in [0.05, 0.1) is 12.2 Å². The summed E-state index contributed by atoms with van der Waals surface area (Å²) in [6, 6.07) is 7.78. The molecule has 0 aliphatic heterocycles. The summed E-state index contributed by atoms with van der Waals surface area (Å²) in [5.74, 6) is -0.442. The van der Waals surface area contributed by atoms with E-state index in [1.54, 1.807) is 6.92 Å². The number of aromatic nitrogens is 1. The summed E-state index contributed by atoms with van der Waals surface area (Å²) in [5, 5.41) is 3.47. The minimum atomic E-state index is -0.380. The highest BCUT2D eigenvalue weighted by atomic mass is 79.9. The quantitative estimate of drug-likeness (QED) is 0.352. The molecular weight excluding hydrogens is 416 g/mol. The van der Waals surface area contributed by atoms with Crippen molar-refractivity contribution in [2.24, 2.45) is 0 Å². The van der Waals surface area contributed by atoms with Gasteiger partial charge in [-0.15, -0.1) is 11.3 Å². The number of esters is 1. The summed E-state index contributed by atoms with van der Waals surface area (Å²) in [6.07, 6.45) is 7.02. The summed E-state index contributed by atoms with van der Waals surface area (Å²) in [5.41, 5.74) is 0.455. The van der Waals surface area contributed by atoms with E-state index < -0.39 is 0 Å². The fraction of sp³-hybridized carbons (Fsp3) is 0.421. The molecule has 0 atom stereocenters. The van der Waals surface area contributed by atoms with Gasteiger partial charge in [-0.1, -0.05) is 13.0 Å². The molecule has 0 fully saturated rings. The molecule has 2 heterocycles. The molecule has 0 aromatic carbocycles. The molecule has 0 aliphatic rings. The van der Waals surface area contributed by atoms with E-state index in [-0.39, 0.29) is 28.9 Å². The summed E-state index contributed by atoms with van der Waals surface area (Å²) in [4.78, 5) is 25.3. The van der Waals surface area contributed by atoms with Crippen molar-refractivity contribution >= 4 is 28.2 Å². The van der Waals surface area contributed by atoms with Crippen molar-refractivity contribution < 1.29 is 35.9 Å². The smallest absolute Gasteiger partial charge is 0.341 e. The molecule has 0 bridgehead atoms. The van der Waals surface area contributed by atoms with E-state index in [0.29, 0.717) is 23.6 Å². The Labute approximate surface area is 169 Å². The molecule has 26 heavy (non-hydrogen) atoms. The van der Waals surface area contributed by atoms with Crippen molar-refractivity contribution in [1.29, 1.82) is 0 Å². The first-order chi connectivity index (χ1) is 12.1. The van der Waals surface area contributed by atoms with Gasteiger partial charge in [-0.3, -0.25) is 4.79 Å². The van der Waals surface area contributed by atoms with Crippen LogP contribution < -0.4 is 26.9 Å². The second-order valence-electron chi connectivity index (χ2n) is 5.65. The fourth-order valence-corrected chi connectivity index (χ4v) is 3.42. The van der Waals surface area contributed by atoms with E-state index in [9.17, 15) is 9.59 Å². The first kappa shape index (κ1) is 22.3. The first-order valence-electron chi connectivity index (χ1n) is 8.67. The lowest BCUT2D eigenvalue weighted by Gasteiger charge is -2.05. The second-order valence-corrected chi connectivity index (χ2v) is 6.78. The third-order valence-corrected chi connectivity index (χ3v) is 4.92. The van der Waals surface area contributed by atoms with E-state index >= 15 is 0 Å². The van der Waals surface area contributed by atoms with Crippen molar-refractivity contribution in [1.82, 2.24) is 0 Å². The number of hydrogen-bond acceptors (Lipinski definition) is 4. The number of hydrogen-bond donors (Lipinski definition) is 1. The van der Waals surface area contributed by atoms with Crippen LogP contribution in [0, 0.1) is 0 Å². The fourth-order valence-electron chi connectivity index (χ4n) is 2.42. The zero-order valence-corrected chi connectivity index (χ0v) is 17.6. The standard InChI is InChI=1S/C19H24N2O3S.BrH/c1-3-15-14-16(19(23)24-4-2)18(25-15)20-17(22)10-6-9-13-21-11-7-5-8-12-21;/h5,7-8,11-12,14H,3-4,6,9-10,13H2,1-2H3;1H. The van der Waals surface area contributed by atoms with Gasteiger partial charge < -0.3 is 27.0 Å². The third kappa shape index (κ3) is 6.88. The Hall–Kier alpha value is -1.73. The normalized spacial score (nSPS) is 10.1. The van der Waals surface area contributed by atoms with Gasteiger partial charge in [0.2, 0.25) is 5.91 Å². The highest BCUT2D eigenvalue weighted by Gasteiger charge is 2.18. The molecule has 0 unspecified atom stereocenters. The minimum absolute atomic E-state index is 0. The highest BCUT2D eigenvalue weighted by molar-refractivity contribution is 7.16. The summed E-state index contributed by atoms with van der Waals surface area (Å²) < 4.78 is 7.17. The van der Waals surface area contributed by atoms with Crippen LogP contribution in [0.4, 0.5) is 5.00 Å². The molecule has 1 N–H and O–H groups in total. The van der Waals surface area contributed by atoms with Gasteiger partial charge in [-0.05, 0) is 25.8 Å². The number of nitrogens with zero attached hydrogens (tertiary/aromatic N) is 1. The number of ether oxygens (including phenoxy) is 1. The molecule has 0 radical (unpaired) electrons. The zero-order chi connectivity index (χ0) is 18.1. The summed E-state index contributed by atoms with van der Waals surface area (Å²) in [7, 11) is 0. The lowest BCUT2D eigenvalue weighted by atomic mass is 10.2. The second kappa shape index (κ2) is 11.8. The molecule has 2 aromatic rings. The third-order valence-electron chi connectivity index (χ3n) is 3.73. The van der Waals surface area contributed by atoms with E-state index in [4.69, 9.17) is 4.74 Å². The Morgan fingerprint density at radius 2 is 1.88 bits per heavy atom. The van der Waals surface area contributed by atoms with Crippen LogP contribution in [-0.4, -0.2) is 18.5 Å².